The molecule has 0 aliphatic rings. The smallest absolute Gasteiger partial charge is 0.165 e. The number of hydrogen-bond acceptors (Lipinski definition) is 4. The predicted molar refractivity (Wildman–Crippen MR) is 52.3 cm³/mol. The van der Waals surface area contributed by atoms with E-state index >= 15 is 0 Å². The van der Waals surface area contributed by atoms with Gasteiger partial charge in [0, 0.05) is 0 Å². The minimum atomic E-state index is -1.20. The summed E-state index contributed by atoms with van der Waals surface area (Å²) in [4.78, 5) is 20.3. The lowest BCUT2D eigenvalue weighted by Gasteiger charge is -2.05. The van der Waals surface area contributed by atoms with Crippen molar-refractivity contribution in [2.24, 2.45) is 0 Å². The average molecular weight is 209 g/mol. The van der Waals surface area contributed by atoms with Crippen molar-refractivity contribution in [2.45, 2.75) is 19.8 Å². The van der Waals surface area contributed by atoms with E-state index in [1.54, 1.807) is 0 Å². The molecule has 4 heteroatoms. The number of rotatable bonds is 6. The van der Waals surface area contributed by atoms with Gasteiger partial charge < -0.3 is 14.8 Å². The minimum Gasteiger partial charge on any atom is -0.545 e. The molecule has 15 heavy (non-hydrogen) atoms. The Labute approximate surface area is 88.4 Å². The van der Waals surface area contributed by atoms with Gasteiger partial charge in [-0.05, 0) is 36.2 Å². The standard InChI is InChI=1S/C11H14O4/c1-2-3-8-14-15-10-6-4-9(5-7-10)11(12)13/h4-7H,2-3,8H2,1H3,(H,12,13)/p-1. The van der Waals surface area contributed by atoms with Gasteiger partial charge in [-0.3, -0.25) is 0 Å². The van der Waals surface area contributed by atoms with Crippen molar-refractivity contribution in [3.63, 3.8) is 0 Å². The lowest BCUT2D eigenvalue weighted by molar-refractivity contribution is -0.255. The van der Waals surface area contributed by atoms with Crippen LogP contribution < -0.4 is 9.99 Å². The second kappa shape index (κ2) is 6.03. The van der Waals surface area contributed by atoms with Crippen LogP contribution in [0, 0.1) is 0 Å². The number of carboxylic acid groups (broad SMARTS) is 1. The zero-order chi connectivity index (χ0) is 11.1. The van der Waals surface area contributed by atoms with E-state index in [9.17, 15) is 9.90 Å². The number of unbranched alkanes of at least 4 members (excludes halogenated alkanes) is 1. The Morgan fingerprint density at radius 3 is 2.53 bits per heavy atom. The van der Waals surface area contributed by atoms with Gasteiger partial charge in [-0.25, -0.2) is 0 Å². The third-order valence-electron chi connectivity index (χ3n) is 1.83. The van der Waals surface area contributed by atoms with Crippen molar-refractivity contribution in [3.05, 3.63) is 29.8 Å². The molecule has 0 spiro atoms. The van der Waals surface area contributed by atoms with Crippen LogP contribution in [0.1, 0.15) is 30.1 Å². The molecule has 0 amide bonds. The van der Waals surface area contributed by atoms with Crippen molar-refractivity contribution in [2.75, 3.05) is 6.61 Å². The third-order valence-corrected chi connectivity index (χ3v) is 1.83. The minimum absolute atomic E-state index is 0.121. The summed E-state index contributed by atoms with van der Waals surface area (Å²) in [6.07, 6.45) is 1.96. The summed E-state index contributed by atoms with van der Waals surface area (Å²) in [6, 6.07) is 5.87. The Hall–Kier alpha value is -1.55. The fourth-order valence-electron chi connectivity index (χ4n) is 0.960. The van der Waals surface area contributed by atoms with Crippen molar-refractivity contribution < 1.29 is 19.7 Å². The second-order valence-corrected chi connectivity index (χ2v) is 3.07. The zero-order valence-corrected chi connectivity index (χ0v) is 8.56. The summed E-state index contributed by atoms with van der Waals surface area (Å²) in [6.45, 7) is 2.58. The molecule has 0 heterocycles. The molecule has 0 fully saturated rings. The third kappa shape index (κ3) is 3.99. The van der Waals surface area contributed by atoms with Crippen LogP contribution in [0.25, 0.3) is 0 Å². The van der Waals surface area contributed by atoms with E-state index in [4.69, 9.17) is 9.78 Å². The predicted octanol–water partition coefficient (Wildman–Crippen LogP) is 1.16. The van der Waals surface area contributed by atoms with E-state index in [1.807, 2.05) is 0 Å². The first-order valence-electron chi connectivity index (χ1n) is 4.85. The van der Waals surface area contributed by atoms with Crippen molar-refractivity contribution in [3.8, 4) is 5.75 Å². The molecule has 0 aliphatic carbocycles. The van der Waals surface area contributed by atoms with E-state index in [2.05, 4.69) is 6.92 Å². The van der Waals surface area contributed by atoms with Gasteiger partial charge in [0.2, 0.25) is 0 Å². The van der Waals surface area contributed by atoms with Crippen LogP contribution in [0.5, 0.6) is 5.75 Å². The van der Waals surface area contributed by atoms with Gasteiger partial charge in [-0.15, -0.1) is 0 Å². The highest BCUT2D eigenvalue weighted by Crippen LogP contribution is 2.12. The molecule has 0 radical (unpaired) electrons. The largest absolute Gasteiger partial charge is 0.545 e. The Kier molecular flexibility index (Phi) is 4.63. The van der Waals surface area contributed by atoms with Gasteiger partial charge in [0.15, 0.2) is 5.75 Å². The van der Waals surface area contributed by atoms with Crippen molar-refractivity contribution >= 4 is 5.97 Å². The van der Waals surface area contributed by atoms with Gasteiger partial charge in [0.25, 0.3) is 0 Å². The molecule has 0 atom stereocenters. The van der Waals surface area contributed by atoms with Crippen molar-refractivity contribution in [1.29, 1.82) is 0 Å². The highest BCUT2D eigenvalue weighted by Gasteiger charge is 1.96. The molecule has 82 valence electrons. The number of benzene rings is 1. The quantitative estimate of drug-likeness (QED) is 0.401. The molecule has 0 bridgehead atoms. The van der Waals surface area contributed by atoms with E-state index < -0.39 is 5.97 Å². The topological polar surface area (TPSA) is 58.6 Å². The second-order valence-electron chi connectivity index (χ2n) is 3.07. The molecule has 0 unspecified atom stereocenters. The van der Waals surface area contributed by atoms with E-state index in [0.29, 0.717) is 12.4 Å². The van der Waals surface area contributed by atoms with E-state index in [1.165, 1.54) is 24.3 Å². The maximum Gasteiger partial charge on any atom is 0.165 e. The van der Waals surface area contributed by atoms with Crippen LogP contribution in [0.3, 0.4) is 0 Å². The highest BCUT2D eigenvalue weighted by molar-refractivity contribution is 5.85. The van der Waals surface area contributed by atoms with Crippen LogP contribution in [-0.2, 0) is 4.89 Å². The molecule has 4 nitrogen and oxygen atoms in total. The molecular formula is C11H13O4-. The van der Waals surface area contributed by atoms with E-state index in [-0.39, 0.29) is 5.56 Å². The Bertz CT molecular complexity index is 305. The monoisotopic (exact) mass is 209 g/mol. The van der Waals surface area contributed by atoms with Crippen LogP contribution in [0.2, 0.25) is 0 Å². The van der Waals surface area contributed by atoms with Crippen LogP contribution >= 0.6 is 0 Å². The molecular weight excluding hydrogens is 196 g/mol. The summed E-state index contributed by atoms with van der Waals surface area (Å²) in [5, 5.41) is 10.4. The number of carboxylic acids is 1. The first-order chi connectivity index (χ1) is 7.24. The number of hydrogen-bond donors (Lipinski definition) is 0. The van der Waals surface area contributed by atoms with Gasteiger partial charge >= 0.3 is 0 Å². The van der Waals surface area contributed by atoms with Gasteiger partial charge in [0.1, 0.15) is 0 Å². The maximum absolute atomic E-state index is 10.4. The fourth-order valence-corrected chi connectivity index (χ4v) is 0.960. The summed E-state index contributed by atoms with van der Waals surface area (Å²) in [5.41, 5.74) is 0.121. The number of aromatic carboxylic acids is 1. The SMILES string of the molecule is CCCCOOc1ccc(C(=O)[O-])cc1. The summed E-state index contributed by atoms with van der Waals surface area (Å²) >= 11 is 0. The van der Waals surface area contributed by atoms with Crippen LogP contribution in [0.15, 0.2) is 24.3 Å². The molecule has 1 aromatic rings. The van der Waals surface area contributed by atoms with Gasteiger partial charge in [-0.1, -0.05) is 13.3 Å². The molecule has 1 aromatic carbocycles. The average Bonchev–Trinajstić information content (AvgIpc) is 2.25. The summed E-state index contributed by atoms with van der Waals surface area (Å²) in [5.74, 6) is -0.718. The molecule has 0 aromatic heterocycles. The van der Waals surface area contributed by atoms with Crippen molar-refractivity contribution in [1.82, 2.24) is 0 Å². The lowest BCUT2D eigenvalue weighted by Crippen LogP contribution is -2.21. The van der Waals surface area contributed by atoms with Crippen LogP contribution in [-0.4, -0.2) is 12.6 Å². The van der Waals surface area contributed by atoms with Gasteiger partial charge in [0.05, 0.1) is 12.6 Å². The first kappa shape index (κ1) is 11.5. The maximum atomic E-state index is 10.4. The highest BCUT2D eigenvalue weighted by atomic mass is 17.2. The molecule has 1 rings (SSSR count). The van der Waals surface area contributed by atoms with Crippen LogP contribution in [0.4, 0.5) is 0 Å². The first-order valence-corrected chi connectivity index (χ1v) is 4.85. The number of carbonyl (C=O) groups is 1. The number of carbonyl (C=O) groups excluding carboxylic acids is 1. The Morgan fingerprint density at radius 1 is 1.33 bits per heavy atom. The fraction of sp³-hybridized carbons (Fsp3) is 0.364. The summed E-state index contributed by atoms with van der Waals surface area (Å²) in [7, 11) is 0. The lowest BCUT2D eigenvalue weighted by atomic mass is 10.2. The summed E-state index contributed by atoms with van der Waals surface area (Å²) < 4.78 is 0. The molecule has 0 N–H and O–H groups in total. The molecule has 0 aliphatic heterocycles. The van der Waals surface area contributed by atoms with Gasteiger partial charge in [-0.2, -0.15) is 4.89 Å². The zero-order valence-electron chi connectivity index (χ0n) is 8.56. The normalized spacial score (nSPS) is 9.93. The Balaban J connectivity index is 2.39. The molecule has 0 saturated carbocycles. The van der Waals surface area contributed by atoms with E-state index in [0.717, 1.165) is 12.8 Å². The Morgan fingerprint density at radius 2 is 2.00 bits per heavy atom. The molecule has 0 saturated heterocycles.